The Kier molecular flexibility index (Phi) is 7.59. The minimum atomic E-state index is 0. The minimum Gasteiger partial charge on any atom is -0.355 e. The van der Waals surface area contributed by atoms with Gasteiger partial charge in [0, 0.05) is 17.8 Å². The number of thiophene rings is 1. The summed E-state index contributed by atoms with van der Waals surface area (Å²) in [7, 11) is 0. The van der Waals surface area contributed by atoms with Gasteiger partial charge in [0.15, 0.2) is 0 Å². The van der Waals surface area contributed by atoms with Crippen LogP contribution in [0.1, 0.15) is 18.9 Å². The molecule has 0 saturated heterocycles. The number of hydrogen-bond acceptors (Lipinski definition) is 3. The summed E-state index contributed by atoms with van der Waals surface area (Å²) in [5.41, 5.74) is 1.12. The van der Waals surface area contributed by atoms with Crippen LogP contribution in [0.4, 0.5) is 0 Å². The number of amides is 1. The fourth-order valence-corrected chi connectivity index (χ4v) is 2.96. The van der Waals surface area contributed by atoms with Gasteiger partial charge in [0.25, 0.3) is 0 Å². The number of halogens is 1. The molecule has 20 heavy (non-hydrogen) atoms. The molecule has 2 aromatic rings. The van der Waals surface area contributed by atoms with Crippen molar-refractivity contribution in [2.24, 2.45) is 0 Å². The number of nitrogens with one attached hydrogen (secondary N) is 2. The van der Waals surface area contributed by atoms with Crippen LogP contribution in [-0.2, 0) is 11.2 Å². The predicted molar refractivity (Wildman–Crippen MR) is 88.9 cm³/mol. The molecule has 0 aliphatic carbocycles. The van der Waals surface area contributed by atoms with Crippen molar-refractivity contribution in [3.8, 4) is 0 Å². The van der Waals surface area contributed by atoms with Gasteiger partial charge in [-0.3, -0.25) is 4.79 Å². The van der Waals surface area contributed by atoms with E-state index in [0.717, 1.165) is 25.1 Å². The number of benzene rings is 1. The Morgan fingerprint density at radius 2 is 2.00 bits per heavy atom. The Hall–Kier alpha value is -1.10. The van der Waals surface area contributed by atoms with Crippen molar-refractivity contribution in [3.05, 3.63) is 35.2 Å². The zero-order valence-electron chi connectivity index (χ0n) is 11.6. The molecule has 0 radical (unpaired) electrons. The summed E-state index contributed by atoms with van der Waals surface area (Å²) in [6.07, 6.45) is 1.59. The van der Waals surface area contributed by atoms with E-state index >= 15 is 0 Å². The summed E-state index contributed by atoms with van der Waals surface area (Å²) >= 11 is 1.70. The largest absolute Gasteiger partial charge is 0.355 e. The highest BCUT2D eigenvalue weighted by Gasteiger charge is 2.07. The van der Waals surface area contributed by atoms with Gasteiger partial charge in [-0.1, -0.05) is 25.1 Å². The molecular weight excluding hydrogens is 292 g/mol. The SMILES string of the molecule is CCCNCCNC(=O)Cc1csc2ccccc12.Cl. The summed E-state index contributed by atoms with van der Waals surface area (Å²) in [6, 6.07) is 8.22. The maximum absolute atomic E-state index is 11.9. The highest BCUT2D eigenvalue weighted by atomic mass is 35.5. The molecule has 1 amide bonds. The lowest BCUT2D eigenvalue weighted by Crippen LogP contribution is -2.32. The summed E-state index contributed by atoms with van der Waals surface area (Å²) in [6.45, 7) is 4.67. The molecule has 0 unspecified atom stereocenters. The van der Waals surface area contributed by atoms with Gasteiger partial charge in [-0.2, -0.15) is 0 Å². The molecule has 0 aliphatic rings. The molecule has 2 rings (SSSR count). The lowest BCUT2D eigenvalue weighted by molar-refractivity contribution is -0.120. The van der Waals surface area contributed by atoms with Crippen molar-refractivity contribution < 1.29 is 4.79 Å². The lowest BCUT2D eigenvalue weighted by atomic mass is 10.1. The van der Waals surface area contributed by atoms with Crippen LogP contribution in [0.3, 0.4) is 0 Å². The van der Waals surface area contributed by atoms with Gasteiger partial charge in [-0.15, -0.1) is 23.7 Å². The molecule has 0 bridgehead atoms. The van der Waals surface area contributed by atoms with Gasteiger partial charge in [0.05, 0.1) is 6.42 Å². The second kappa shape index (κ2) is 8.95. The maximum atomic E-state index is 11.9. The molecule has 0 fully saturated rings. The highest BCUT2D eigenvalue weighted by Crippen LogP contribution is 2.25. The molecule has 0 aliphatic heterocycles. The van der Waals surface area contributed by atoms with Gasteiger partial charge in [0.2, 0.25) is 5.91 Å². The van der Waals surface area contributed by atoms with Crippen LogP contribution in [0.15, 0.2) is 29.6 Å². The zero-order valence-corrected chi connectivity index (χ0v) is 13.3. The molecule has 0 saturated carbocycles. The fourth-order valence-electron chi connectivity index (χ4n) is 2.00. The topological polar surface area (TPSA) is 41.1 Å². The van der Waals surface area contributed by atoms with E-state index in [1.54, 1.807) is 11.3 Å². The highest BCUT2D eigenvalue weighted by molar-refractivity contribution is 7.17. The van der Waals surface area contributed by atoms with Gasteiger partial charge >= 0.3 is 0 Å². The third-order valence-corrected chi connectivity index (χ3v) is 3.98. The van der Waals surface area contributed by atoms with Crippen molar-refractivity contribution in [3.63, 3.8) is 0 Å². The lowest BCUT2D eigenvalue weighted by Gasteiger charge is -2.05. The van der Waals surface area contributed by atoms with E-state index < -0.39 is 0 Å². The summed E-state index contributed by atoms with van der Waals surface area (Å²) in [4.78, 5) is 11.9. The molecule has 3 nitrogen and oxygen atoms in total. The van der Waals surface area contributed by atoms with Gasteiger partial charge in [-0.25, -0.2) is 0 Å². The number of hydrogen-bond donors (Lipinski definition) is 2. The minimum absolute atomic E-state index is 0. The van der Waals surface area contributed by atoms with E-state index in [2.05, 4.69) is 35.1 Å². The van der Waals surface area contributed by atoms with Crippen molar-refractivity contribution in [2.75, 3.05) is 19.6 Å². The van der Waals surface area contributed by atoms with E-state index in [1.165, 1.54) is 10.1 Å². The third kappa shape index (κ3) is 4.78. The first-order valence-electron chi connectivity index (χ1n) is 6.73. The van der Waals surface area contributed by atoms with Crippen molar-refractivity contribution in [1.29, 1.82) is 0 Å². The van der Waals surface area contributed by atoms with Gasteiger partial charge in [-0.05, 0) is 35.4 Å². The Morgan fingerprint density at radius 3 is 2.80 bits per heavy atom. The van der Waals surface area contributed by atoms with Crippen molar-refractivity contribution in [1.82, 2.24) is 10.6 Å². The molecular formula is C15H21ClN2OS. The van der Waals surface area contributed by atoms with E-state index in [9.17, 15) is 4.79 Å². The Morgan fingerprint density at radius 1 is 1.20 bits per heavy atom. The van der Waals surface area contributed by atoms with E-state index in [1.807, 2.05) is 12.1 Å². The molecule has 1 aromatic carbocycles. The third-order valence-electron chi connectivity index (χ3n) is 2.96. The van der Waals surface area contributed by atoms with Crippen LogP contribution < -0.4 is 10.6 Å². The Bertz CT molecular complexity index is 541. The molecule has 110 valence electrons. The van der Waals surface area contributed by atoms with E-state index in [-0.39, 0.29) is 18.3 Å². The maximum Gasteiger partial charge on any atom is 0.224 e. The Balaban J connectivity index is 0.00000200. The number of carbonyl (C=O) groups excluding carboxylic acids is 1. The molecule has 5 heteroatoms. The van der Waals surface area contributed by atoms with Crippen molar-refractivity contribution in [2.45, 2.75) is 19.8 Å². The standard InChI is InChI=1S/C15H20N2OS.ClH/c1-2-7-16-8-9-17-15(18)10-12-11-19-14-6-4-3-5-13(12)14;/h3-6,11,16H,2,7-10H2,1H3,(H,17,18);1H. The predicted octanol–water partition coefficient (Wildman–Crippen LogP) is 2.98. The van der Waals surface area contributed by atoms with Crippen LogP contribution >= 0.6 is 23.7 Å². The second-order valence-corrected chi connectivity index (χ2v) is 5.45. The van der Waals surface area contributed by atoms with Gasteiger partial charge in [0.1, 0.15) is 0 Å². The first-order chi connectivity index (χ1) is 9.31. The first-order valence-corrected chi connectivity index (χ1v) is 7.61. The Labute approximate surface area is 130 Å². The summed E-state index contributed by atoms with van der Waals surface area (Å²) in [5.74, 6) is 0.0989. The zero-order chi connectivity index (χ0) is 13.5. The van der Waals surface area contributed by atoms with Crippen LogP contribution in [-0.4, -0.2) is 25.5 Å². The monoisotopic (exact) mass is 312 g/mol. The molecule has 2 N–H and O–H groups in total. The molecule has 1 aromatic heterocycles. The molecule has 0 atom stereocenters. The van der Waals surface area contributed by atoms with Gasteiger partial charge < -0.3 is 10.6 Å². The van der Waals surface area contributed by atoms with Crippen LogP contribution in [0.2, 0.25) is 0 Å². The quantitative estimate of drug-likeness (QED) is 0.772. The summed E-state index contributed by atoms with van der Waals surface area (Å²) < 4.78 is 1.25. The number of rotatable bonds is 7. The van der Waals surface area contributed by atoms with Crippen LogP contribution in [0.25, 0.3) is 10.1 Å². The normalized spacial score (nSPS) is 10.2. The van der Waals surface area contributed by atoms with Crippen molar-refractivity contribution >= 4 is 39.7 Å². The summed E-state index contributed by atoms with van der Waals surface area (Å²) in [5, 5.41) is 9.50. The van der Waals surface area contributed by atoms with Crippen LogP contribution in [0, 0.1) is 0 Å². The average Bonchev–Trinajstić information content (AvgIpc) is 2.82. The molecule has 0 spiro atoms. The molecule has 1 heterocycles. The fraction of sp³-hybridized carbons (Fsp3) is 0.400. The average molecular weight is 313 g/mol. The first kappa shape index (κ1) is 17.0. The van der Waals surface area contributed by atoms with E-state index in [4.69, 9.17) is 0 Å². The van der Waals surface area contributed by atoms with E-state index in [0.29, 0.717) is 13.0 Å². The van der Waals surface area contributed by atoms with Crippen LogP contribution in [0.5, 0.6) is 0 Å². The number of fused-ring (bicyclic) bond motifs is 1. The number of carbonyl (C=O) groups is 1. The smallest absolute Gasteiger partial charge is 0.224 e. The second-order valence-electron chi connectivity index (χ2n) is 4.53.